The second kappa shape index (κ2) is 7.70. The highest BCUT2D eigenvalue weighted by Crippen LogP contribution is 2.42. The molecule has 6 heteroatoms. The maximum absolute atomic E-state index is 12.8. The van der Waals surface area contributed by atoms with E-state index in [1.807, 2.05) is 12.1 Å². The van der Waals surface area contributed by atoms with Crippen LogP contribution >= 0.6 is 11.8 Å². The van der Waals surface area contributed by atoms with Crippen LogP contribution in [0.4, 0.5) is 13.2 Å². The number of alkyl halides is 3. The van der Waals surface area contributed by atoms with Crippen molar-refractivity contribution < 1.29 is 13.2 Å². The van der Waals surface area contributed by atoms with Gasteiger partial charge in [0.2, 0.25) is 0 Å². The van der Waals surface area contributed by atoms with Gasteiger partial charge in [-0.2, -0.15) is 13.2 Å². The molecule has 1 heterocycles. The van der Waals surface area contributed by atoms with E-state index in [9.17, 15) is 13.2 Å². The van der Waals surface area contributed by atoms with Crippen LogP contribution in [0.3, 0.4) is 0 Å². The van der Waals surface area contributed by atoms with Crippen LogP contribution in [0.25, 0.3) is 0 Å². The molecule has 1 N–H and O–H groups in total. The van der Waals surface area contributed by atoms with Gasteiger partial charge in [0.05, 0.1) is 0 Å². The molecule has 1 atom stereocenters. The van der Waals surface area contributed by atoms with Crippen molar-refractivity contribution in [3.05, 3.63) is 29.8 Å². The molecule has 0 bridgehead atoms. The van der Waals surface area contributed by atoms with Crippen molar-refractivity contribution >= 4 is 11.8 Å². The Morgan fingerprint density at radius 2 is 1.82 bits per heavy atom. The summed E-state index contributed by atoms with van der Waals surface area (Å²) < 4.78 is 38.5. The minimum Gasteiger partial charge on any atom is -0.314 e. The highest BCUT2D eigenvalue weighted by molar-refractivity contribution is 8.00. The molecule has 0 radical (unpaired) electrons. The van der Waals surface area contributed by atoms with Crippen LogP contribution in [-0.4, -0.2) is 36.6 Å². The van der Waals surface area contributed by atoms with Gasteiger partial charge in [0, 0.05) is 37.1 Å². The summed E-state index contributed by atoms with van der Waals surface area (Å²) in [6, 6.07) is 7.01. The summed E-state index contributed by atoms with van der Waals surface area (Å²) in [5.41, 5.74) is -3.44. The molecule has 124 valence electrons. The smallest absolute Gasteiger partial charge is 0.314 e. The highest BCUT2D eigenvalue weighted by Gasteiger charge is 2.32. The average Bonchev–Trinajstić information content (AvgIpc) is 2.45. The summed E-state index contributed by atoms with van der Waals surface area (Å²) in [7, 11) is 0. The molecule has 0 aromatic heterocycles. The normalized spacial score (nSPS) is 18.6. The van der Waals surface area contributed by atoms with Crippen molar-refractivity contribution in [1.82, 2.24) is 10.2 Å². The van der Waals surface area contributed by atoms with Gasteiger partial charge in [-0.3, -0.25) is 4.90 Å². The molecule has 1 fully saturated rings. The van der Waals surface area contributed by atoms with E-state index in [4.69, 9.17) is 0 Å². The second-order valence-corrected chi connectivity index (χ2v) is 7.12. The molecule has 22 heavy (non-hydrogen) atoms. The summed E-state index contributed by atoms with van der Waals surface area (Å²) in [6.07, 6.45) is 0.870. The third-order valence-electron chi connectivity index (χ3n) is 3.79. The maximum Gasteiger partial charge on any atom is 0.446 e. The van der Waals surface area contributed by atoms with E-state index in [1.54, 1.807) is 12.1 Å². The molecule has 1 aliphatic rings. The van der Waals surface area contributed by atoms with E-state index in [-0.39, 0.29) is 17.8 Å². The molecule has 2 rings (SSSR count). The Bertz CT molecular complexity index is 471. The monoisotopic (exact) mass is 332 g/mol. The number of thioether (sulfide) groups is 1. The Balaban J connectivity index is 2.29. The Morgan fingerprint density at radius 1 is 1.18 bits per heavy atom. The zero-order valence-electron chi connectivity index (χ0n) is 13.0. The van der Waals surface area contributed by atoms with Gasteiger partial charge in [0.15, 0.2) is 0 Å². The Morgan fingerprint density at radius 3 is 2.41 bits per heavy atom. The third kappa shape index (κ3) is 5.18. The number of benzene rings is 1. The first-order valence-electron chi connectivity index (χ1n) is 7.66. The first-order valence-corrected chi connectivity index (χ1v) is 8.48. The fourth-order valence-electron chi connectivity index (χ4n) is 2.89. The van der Waals surface area contributed by atoms with Crippen LogP contribution in [0.5, 0.6) is 0 Å². The topological polar surface area (TPSA) is 15.3 Å². The third-order valence-corrected chi connectivity index (χ3v) is 4.61. The van der Waals surface area contributed by atoms with Crippen molar-refractivity contribution in [3.8, 4) is 0 Å². The zero-order chi connectivity index (χ0) is 16.2. The largest absolute Gasteiger partial charge is 0.446 e. The van der Waals surface area contributed by atoms with Gasteiger partial charge in [-0.05, 0) is 35.7 Å². The van der Waals surface area contributed by atoms with Crippen LogP contribution in [0.2, 0.25) is 0 Å². The molecule has 0 amide bonds. The second-order valence-electron chi connectivity index (χ2n) is 6.02. The van der Waals surface area contributed by atoms with Crippen LogP contribution < -0.4 is 5.32 Å². The van der Waals surface area contributed by atoms with Crippen LogP contribution in [-0.2, 0) is 0 Å². The summed E-state index contributed by atoms with van der Waals surface area (Å²) >= 11 is 0.00449. The minimum absolute atomic E-state index is 0.00449. The lowest BCUT2D eigenvalue weighted by Crippen LogP contribution is -2.45. The SMILES string of the molecule is CC(C)C[C@H](c1ccccc1SC(F)(F)F)N1CCNCC1. The zero-order valence-corrected chi connectivity index (χ0v) is 13.8. The van der Waals surface area contributed by atoms with Gasteiger partial charge in [0.1, 0.15) is 0 Å². The molecule has 0 unspecified atom stereocenters. The molecule has 0 saturated carbocycles. The van der Waals surface area contributed by atoms with Crippen molar-refractivity contribution in [2.45, 2.75) is 36.7 Å². The number of halogens is 3. The highest BCUT2D eigenvalue weighted by atomic mass is 32.2. The molecule has 2 nitrogen and oxygen atoms in total. The first kappa shape index (κ1) is 17.6. The number of hydrogen-bond donors (Lipinski definition) is 1. The lowest BCUT2D eigenvalue weighted by Gasteiger charge is -2.37. The number of rotatable bonds is 5. The van der Waals surface area contributed by atoms with Crippen LogP contribution in [0.1, 0.15) is 31.9 Å². The van der Waals surface area contributed by atoms with E-state index in [2.05, 4.69) is 24.1 Å². The van der Waals surface area contributed by atoms with E-state index in [0.717, 1.165) is 38.2 Å². The standard InChI is InChI=1S/C16H23F3N2S/c1-12(2)11-14(21-9-7-20-8-10-21)13-5-3-4-6-15(13)22-16(17,18)19/h3-6,12,14,20H,7-11H2,1-2H3/t14-/m1/s1. The first-order chi connectivity index (χ1) is 10.4. The van der Waals surface area contributed by atoms with Gasteiger partial charge in [-0.25, -0.2) is 0 Å². The lowest BCUT2D eigenvalue weighted by atomic mass is 9.95. The molecule has 0 spiro atoms. The maximum atomic E-state index is 12.8. The molecule has 1 saturated heterocycles. The van der Waals surface area contributed by atoms with Gasteiger partial charge >= 0.3 is 5.51 Å². The summed E-state index contributed by atoms with van der Waals surface area (Å²) in [6.45, 7) is 7.78. The van der Waals surface area contributed by atoms with Gasteiger partial charge in [0.25, 0.3) is 0 Å². The number of nitrogens with one attached hydrogen (secondary N) is 1. The number of nitrogens with zero attached hydrogens (tertiary/aromatic N) is 1. The van der Waals surface area contributed by atoms with Crippen molar-refractivity contribution in [2.75, 3.05) is 26.2 Å². The van der Waals surface area contributed by atoms with Gasteiger partial charge in [-0.15, -0.1) is 0 Å². The number of hydrogen-bond acceptors (Lipinski definition) is 3. The number of piperazine rings is 1. The van der Waals surface area contributed by atoms with E-state index < -0.39 is 5.51 Å². The van der Waals surface area contributed by atoms with E-state index >= 15 is 0 Å². The van der Waals surface area contributed by atoms with Crippen LogP contribution in [0, 0.1) is 5.92 Å². The molecular weight excluding hydrogens is 309 g/mol. The summed E-state index contributed by atoms with van der Waals surface area (Å²) in [5.74, 6) is 0.434. The van der Waals surface area contributed by atoms with Crippen LogP contribution in [0.15, 0.2) is 29.2 Å². The van der Waals surface area contributed by atoms with Gasteiger partial charge < -0.3 is 5.32 Å². The molecule has 1 aromatic carbocycles. The van der Waals surface area contributed by atoms with E-state index in [1.165, 1.54) is 0 Å². The predicted octanol–water partition coefficient (Wildman–Crippen LogP) is 4.29. The van der Waals surface area contributed by atoms with Gasteiger partial charge in [-0.1, -0.05) is 32.0 Å². The Labute approximate surface area is 134 Å². The van der Waals surface area contributed by atoms with E-state index in [0.29, 0.717) is 10.8 Å². The van der Waals surface area contributed by atoms with Crippen molar-refractivity contribution in [1.29, 1.82) is 0 Å². The lowest BCUT2D eigenvalue weighted by molar-refractivity contribution is -0.0328. The summed E-state index contributed by atoms with van der Waals surface area (Å²) in [5, 5.41) is 3.30. The minimum atomic E-state index is -4.25. The Kier molecular flexibility index (Phi) is 6.17. The molecule has 0 aliphatic carbocycles. The molecule has 1 aliphatic heterocycles. The predicted molar refractivity (Wildman–Crippen MR) is 85.0 cm³/mol. The molecule has 1 aromatic rings. The fourth-order valence-corrected chi connectivity index (χ4v) is 3.60. The molecular formula is C16H23F3N2S. The van der Waals surface area contributed by atoms with Crippen molar-refractivity contribution in [2.24, 2.45) is 5.92 Å². The summed E-state index contributed by atoms with van der Waals surface area (Å²) in [4.78, 5) is 2.64. The van der Waals surface area contributed by atoms with Crippen molar-refractivity contribution in [3.63, 3.8) is 0 Å². The fraction of sp³-hybridized carbons (Fsp3) is 0.625. The quantitative estimate of drug-likeness (QED) is 0.810. The Hall–Kier alpha value is -0.720. The average molecular weight is 332 g/mol.